The van der Waals surface area contributed by atoms with Crippen LogP contribution in [-0.4, -0.2) is 15.6 Å². The van der Waals surface area contributed by atoms with Crippen LogP contribution in [0.3, 0.4) is 0 Å². The van der Waals surface area contributed by atoms with Crippen molar-refractivity contribution in [2.75, 3.05) is 0 Å². The van der Waals surface area contributed by atoms with Crippen LogP contribution in [0, 0.1) is 13.8 Å². The largest absolute Gasteiger partial charge is 0.328 e. The van der Waals surface area contributed by atoms with E-state index in [1.165, 1.54) is 17.5 Å². The van der Waals surface area contributed by atoms with Crippen LogP contribution in [0.5, 0.6) is 0 Å². The summed E-state index contributed by atoms with van der Waals surface area (Å²) >= 11 is 0. The molecule has 0 aliphatic heterocycles. The standard InChI is InChI=1S/C14H19N3/c1-9-3-6-14-13(7-9)16-10(2)17(14)12-5-4-11(15)8-12/h3,6-7,11-12H,4-5,8,15H2,1-2H3/t11-,12-/m0/s1. The van der Waals surface area contributed by atoms with Gasteiger partial charge in [-0.1, -0.05) is 6.07 Å². The van der Waals surface area contributed by atoms with Crippen LogP contribution in [-0.2, 0) is 0 Å². The molecule has 0 bridgehead atoms. The van der Waals surface area contributed by atoms with E-state index in [1.807, 2.05) is 0 Å². The van der Waals surface area contributed by atoms with Gasteiger partial charge in [0.2, 0.25) is 0 Å². The number of benzene rings is 1. The van der Waals surface area contributed by atoms with Crippen LogP contribution in [0.4, 0.5) is 0 Å². The molecule has 1 fully saturated rings. The van der Waals surface area contributed by atoms with Crippen molar-refractivity contribution in [3.05, 3.63) is 29.6 Å². The van der Waals surface area contributed by atoms with Crippen LogP contribution in [0.2, 0.25) is 0 Å². The number of nitrogens with two attached hydrogens (primary N) is 1. The maximum Gasteiger partial charge on any atom is 0.106 e. The first-order valence-electron chi connectivity index (χ1n) is 6.36. The minimum Gasteiger partial charge on any atom is -0.328 e. The maximum atomic E-state index is 6.02. The smallest absolute Gasteiger partial charge is 0.106 e. The zero-order valence-corrected chi connectivity index (χ0v) is 10.5. The van der Waals surface area contributed by atoms with Crippen molar-refractivity contribution >= 4 is 11.0 Å². The second-order valence-electron chi connectivity index (χ2n) is 5.25. The van der Waals surface area contributed by atoms with Crippen LogP contribution in [0.25, 0.3) is 11.0 Å². The summed E-state index contributed by atoms with van der Waals surface area (Å²) in [5, 5.41) is 0. The maximum absolute atomic E-state index is 6.02. The van der Waals surface area contributed by atoms with Crippen molar-refractivity contribution in [1.82, 2.24) is 9.55 Å². The first-order valence-corrected chi connectivity index (χ1v) is 6.36. The summed E-state index contributed by atoms with van der Waals surface area (Å²) in [6.45, 7) is 4.21. The summed E-state index contributed by atoms with van der Waals surface area (Å²) in [5.74, 6) is 1.12. The summed E-state index contributed by atoms with van der Waals surface area (Å²) in [5.41, 5.74) is 9.66. The zero-order chi connectivity index (χ0) is 12.0. The lowest BCUT2D eigenvalue weighted by atomic mass is 10.2. The van der Waals surface area contributed by atoms with Gasteiger partial charge >= 0.3 is 0 Å². The normalized spacial score (nSPS) is 24.6. The van der Waals surface area contributed by atoms with E-state index in [1.54, 1.807) is 0 Å². The van der Waals surface area contributed by atoms with E-state index in [0.29, 0.717) is 12.1 Å². The summed E-state index contributed by atoms with van der Waals surface area (Å²) < 4.78 is 2.38. The third kappa shape index (κ3) is 1.75. The Morgan fingerprint density at radius 1 is 1.29 bits per heavy atom. The molecule has 2 aromatic rings. The highest BCUT2D eigenvalue weighted by molar-refractivity contribution is 5.77. The SMILES string of the molecule is Cc1ccc2c(c1)nc(C)n2[C@H]1CC[C@H](N)C1. The van der Waals surface area contributed by atoms with Crippen molar-refractivity contribution < 1.29 is 0 Å². The van der Waals surface area contributed by atoms with E-state index in [-0.39, 0.29) is 0 Å². The van der Waals surface area contributed by atoms with Gasteiger partial charge in [0.25, 0.3) is 0 Å². The van der Waals surface area contributed by atoms with Gasteiger partial charge in [0, 0.05) is 12.1 Å². The third-order valence-electron chi connectivity index (χ3n) is 3.83. The topological polar surface area (TPSA) is 43.8 Å². The summed E-state index contributed by atoms with van der Waals surface area (Å²) in [4.78, 5) is 4.67. The molecule has 1 aromatic heterocycles. The van der Waals surface area contributed by atoms with Crippen molar-refractivity contribution in [1.29, 1.82) is 0 Å². The Kier molecular flexibility index (Phi) is 2.44. The minimum atomic E-state index is 0.363. The molecule has 0 spiro atoms. The predicted molar refractivity (Wildman–Crippen MR) is 70.1 cm³/mol. The molecule has 1 aromatic carbocycles. The Bertz CT molecular complexity index is 556. The van der Waals surface area contributed by atoms with Crippen molar-refractivity contribution in [2.45, 2.75) is 45.2 Å². The van der Waals surface area contributed by atoms with Crippen molar-refractivity contribution in [2.24, 2.45) is 5.73 Å². The van der Waals surface area contributed by atoms with Crippen molar-refractivity contribution in [3.63, 3.8) is 0 Å². The number of fused-ring (bicyclic) bond motifs is 1. The average molecular weight is 229 g/mol. The Labute approximate surface area is 102 Å². The Morgan fingerprint density at radius 3 is 2.82 bits per heavy atom. The van der Waals surface area contributed by atoms with E-state index in [2.05, 4.69) is 41.6 Å². The molecule has 1 aliphatic rings. The molecule has 1 aliphatic carbocycles. The highest BCUT2D eigenvalue weighted by Crippen LogP contribution is 2.33. The fourth-order valence-electron chi connectivity index (χ4n) is 3.02. The quantitative estimate of drug-likeness (QED) is 0.817. The molecule has 17 heavy (non-hydrogen) atoms. The molecule has 90 valence electrons. The molecule has 2 N–H and O–H groups in total. The van der Waals surface area contributed by atoms with Crippen LogP contribution in [0.15, 0.2) is 18.2 Å². The first kappa shape index (κ1) is 10.8. The lowest BCUT2D eigenvalue weighted by Crippen LogP contribution is -2.16. The van der Waals surface area contributed by atoms with Crippen LogP contribution in [0.1, 0.15) is 36.7 Å². The molecular formula is C14H19N3. The number of aromatic nitrogens is 2. The van der Waals surface area contributed by atoms with E-state index in [0.717, 1.165) is 24.2 Å². The average Bonchev–Trinajstić information content (AvgIpc) is 2.80. The second kappa shape index (κ2) is 3.84. The number of nitrogens with zero attached hydrogens (tertiary/aromatic N) is 2. The number of imidazole rings is 1. The molecule has 2 atom stereocenters. The molecular weight excluding hydrogens is 210 g/mol. The van der Waals surface area contributed by atoms with Gasteiger partial charge in [0.1, 0.15) is 5.82 Å². The van der Waals surface area contributed by atoms with Gasteiger partial charge in [-0.15, -0.1) is 0 Å². The number of hydrogen-bond donors (Lipinski definition) is 1. The highest BCUT2D eigenvalue weighted by Gasteiger charge is 2.25. The molecule has 3 rings (SSSR count). The van der Waals surface area contributed by atoms with Gasteiger partial charge in [0.15, 0.2) is 0 Å². The predicted octanol–water partition coefficient (Wildman–Crippen LogP) is 2.71. The van der Waals surface area contributed by atoms with Crippen molar-refractivity contribution in [3.8, 4) is 0 Å². The summed E-state index contributed by atoms with van der Waals surface area (Å²) in [7, 11) is 0. The second-order valence-corrected chi connectivity index (χ2v) is 5.25. The Morgan fingerprint density at radius 2 is 2.12 bits per heavy atom. The monoisotopic (exact) mass is 229 g/mol. The molecule has 1 saturated carbocycles. The molecule has 0 radical (unpaired) electrons. The zero-order valence-electron chi connectivity index (χ0n) is 10.5. The molecule has 1 heterocycles. The van der Waals surface area contributed by atoms with Gasteiger partial charge in [0.05, 0.1) is 11.0 Å². The van der Waals surface area contributed by atoms with E-state index < -0.39 is 0 Å². The lowest BCUT2D eigenvalue weighted by Gasteiger charge is -2.15. The molecule has 0 unspecified atom stereocenters. The number of hydrogen-bond acceptors (Lipinski definition) is 2. The highest BCUT2D eigenvalue weighted by atomic mass is 15.1. The van der Waals surface area contributed by atoms with Gasteiger partial charge in [-0.25, -0.2) is 4.98 Å². The van der Waals surface area contributed by atoms with E-state index in [4.69, 9.17) is 5.73 Å². The van der Waals surface area contributed by atoms with E-state index in [9.17, 15) is 0 Å². The van der Waals surface area contributed by atoms with Crippen LogP contribution < -0.4 is 5.73 Å². The van der Waals surface area contributed by atoms with Gasteiger partial charge in [-0.2, -0.15) is 0 Å². The first-order chi connectivity index (χ1) is 8.15. The molecule has 3 nitrogen and oxygen atoms in total. The molecule has 3 heteroatoms. The van der Waals surface area contributed by atoms with Gasteiger partial charge < -0.3 is 10.3 Å². The van der Waals surface area contributed by atoms with E-state index >= 15 is 0 Å². The third-order valence-corrected chi connectivity index (χ3v) is 3.83. The fourth-order valence-corrected chi connectivity index (χ4v) is 3.02. The summed E-state index contributed by atoms with van der Waals surface area (Å²) in [6.07, 6.45) is 3.40. The molecule has 0 amide bonds. The van der Waals surface area contributed by atoms with Gasteiger partial charge in [-0.3, -0.25) is 0 Å². The Hall–Kier alpha value is -1.35. The number of rotatable bonds is 1. The minimum absolute atomic E-state index is 0.363. The van der Waals surface area contributed by atoms with Gasteiger partial charge in [-0.05, 0) is 50.8 Å². The lowest BCUT2D eigenvalue weighted by molar-refractivity contribution is 0.511. The van der Waals surface area contributed by atoms with Crippen LogP contribution >= 0.6 is 0 Å². The fraction of sp³-hybridized carbons (Fsp3) is 0.500. The number of aryl methyl sites for hydroxylation is 2. The summed E-state index contributed by atoms with van der Waals surface area (Å²) in [6, 6.07) is 7.41. The Balaban J connectivity index is 2.12. The molecule has 0 saturated heterocycles.